The minimum absolute atomic E-state index is 0.0371. The largest absolute Gasteiger partial charge is 0.494 e. The second kappa shape index (κ2) is 29.4. The van der Waals surface area contributed by atoms with E-state index in [1.54, 1.807) is 35.0 Å². The number of β-amino-alcohol motifs (C(OH)–C–C–N with tert-alkyl or cyclic N) is 1. The molecule has 2 aliphatic heterocycles. The number of amides is 4. The zero-order chi connectivity index (χ0) is 59.0. The number of nitrogens with zero attached hydrogens (tertiary/aromatic N) is 5. The number of methoxy groups -OCH3 is 1. The van der Waals surface area contributed by atoms with Crippen LogP contribution in [0.15, 0.2) is 84.5 Å². The molecule has 5 aromatic rings. The average Bonchev–Trinajstić information content (AvgIpc) is 4.26. The van der Waals surface area contributed by atoms with Crippen molar-refractivity contribution in [3.63, 3.8) is 0 Å². The van der Waals surface area contributed by atoms with Crippen molar-refractivity contribution >= 4 is 63.5 Å². The van der Waals surface area contributed by atoms with Gasteiger partial charge in [-0.25, -0.2) is 9.97 Å². The van der Waals surface area contributed by atoms with E-state index >= 15 is 0 Å². The second-order valence-electron chi connectivity index (χ2n) is 21.0. The molecule has 6 N–H and O–H groups in total. The van der Waals surface area contributed by atoms with Gasteiger partial charge in [-0.2, -0.15) is 13.2 Å². The summed E-state index contributed by atoms with van der Waals surface area (Å²) < 4.78 is 70.6. The van der Waals surface area contributed by atoms with Crippen LogP contribution in [0.2, 0.25) is 0 Å². The molecular weight excluding hydrogens is 1090 g/mol. The van der Waals surface area contributed by atoms with Gasteiger partial charge in [0.25, 0.3) is 5.91 Å². The normalized spacial score (nSPS) is 16.6. The topological polar surface area (TPSA) is 230 Å². The number of thiazole rings is 1. The Morgan fingerprint density at radius 1 is 0.805 bits per heavy atom. The summed E-state index contributed by atoms with van der Waals surface area (Å²) in [6.45, 7) is 15.1. The van der Waals surface area contributed by atoms with E-state index in [2.05, 4.69) is 46.4 Å². The number of para-hydroxylation sites is 1. The maximum absolute atomic E-state index is 14.1. The smallest absolute Gasteiger partial charge is 0.419 e. The first-order valence-corrected chi connectivity index (χ1v) is 28.1. The molecule has 0 bridgehead atoms. The lowest BCUT2D eigenvalue weighted by atomic mass is 9.85. The Kier molecular flexibility index (Phi) is 22.4. The number of aromatic nitrogens is 2. The van der Waals surface area contributed by atoms with Gasteiger partial charge in [0.2, 0.25) is 17.7 Å². The number of ether oxygens (including phenoxy) is 5. The molecule has 0 spiro atoms. The molecule has 2 saturated heterocycles. The summed E-state index contributed by atoms with van der Waals surface area (Å²) in [5.41, 5.74) is 4.49. The number of aryl methyl sites for hydroxylation is 1. The number of nitrogens with one attached hydrogen (secondary N) is 5. The quantitative estimate of drug-likeness (QED) is 0.0292. The Hall–Kier alpha value is -6.93. The SMILES string of the molecule is CNC(=O)c1ccccc1Nc1cc(Nc2ccc(N3CCN(CCOCCOCCOCCOCC(=O)N[C@H](C(=O)N4C[C@H](O)C[C@H]4C(=O)N[C@@H](C)c4ccc(-c5scnc5C)cc4)C(C)(C)C)CC3)cc2OC)ncc1C(F)(F)F. The van der Waals surface area contributed by atoms with Gasteiger partial charge in [0.1, 0.15) is 30.3 Å². The van der Waals surface area contributed by atoms with Crippen LogP contribution in [0.3, 0.4) is 0 Å². The first kappa shape index (κ1) is 62.7. The molecule has 3 aromatic carbocycles. The standard InChI is InChI=1S/C58H75F3N10O10S/c1-37(39-12-14-40(15-13-39)52-38(2)64-36-82-52)65-55(75)48-31-42(72)34-71(48)56(76)53(57(3,4)5)68-51(73)35-81-29-28-80-27-26-79-25-24-78-23-22-69-18-20-70(21-19-69)41-16-17-46(49(30-41)77-7)67-50-32-47(44(33-63-50)58(59,60)61)66-45-11-9-8-10-43(45)54(74)62-6/h8-17,30,32-33,36-37,42,48,53,72H,18-29,31,34-35H2,1-7H3,(H,62,74)(H,65,75)(H,68,73)(H2,63,66,67)/t37-,42+,48-,53+/m0/s1. The molecule has 2 fully saturated rings. The van der Waals surface area contributed by atoms with Gasteiger partial charge in [-0.15, -0.1) is 11.3 Å². The van der Waals surface area contributed by atoms with E-state index < -0.39 is 53.1 Å². The highest BCUT2D eigenvalue weighted by atomic mass is 32.1. The Labute approximate surface area is 480 Å². The van der Waals surface area contributed by atoms with Gasteiger partial charge in [-0.3, -0.25) is 24.1 Å². The Bertz CT molecular complexity index is 2920. The number of hydrogen-bond donors (Lipinski definition) is 6. The van der Waals surface area contributed by atoms with Gasteiger partial charge in [-0.1, -0.05) is 57.2 Å². The summed E-state index contributed by atoms with van der Waals surface area (Å²) in [6, 6.07) is 18.7. The summed E-state index contributed by atoms with van der Waals surface area (Å²) >= 11 is 1.56. The van der Waals surface area contributed by atoms with Crippen molar-refractivity contribution < 1.29 is 61.1 Å². The Morgan fingerprint density at radius 3 is 2.11 bits per heavy atom. The molecule has 0 aliphatic carbocycles. The van der Waals surface area contributed by atoms with Crippen LogP contribution in [0.25, 0.3) is 10.4 Å². The minimum Gasteiger partial charge on any atom is -0.494 e. The highest BCUT2D eigenvalue weighted by Crippen LogP contribution is 2.39. The van der Waals surface area contributed by atoms with Gasteiger partial charge >= 0.3 is 6.18 Å². The van der Waals surface area contributed by atoms with E-state index in [0.717, 1.165) is 66.3 Å². The van der Waals surface area contributed by atoms with Gasteiger partial charge in [0.15, 0.2) is 0 Å². The predicted octanol–water partition coefficient (Wildman–Crippen LogP) is 6.95. The van der Waals surface area contributed by atoms with Crippen molar-refractivity contribution in [3.8, 4) is 16.2 Å². The monoisotopic (exact) mass is 1160 g/mol. The third-order valence-corrected chi connectivity index (χ3v) is 15.0. The number of pyridine rings is 1. The van der Waals surface area contributed by atoms with Crippen LogP contribution < -0.4 is 36.2 Å². The summed E-state index contributed by atoms with van der Waals surface area (Å²) in [7, 11) is 2.96. The second-order valence-corrected chi connectivity index (χ2v) is 21.8. The highest BCUT2D eigenvalue weighted by Gasteiger charge is 2.45. The number of aliphatic hydroxyl groups is 1. The number of alkyl halides is 3. The first-order valence-electron chi connectivity index (χ1n) is 27.2. The number of carbonyl (C=O) groups excluding carboxylic acids is 4. The van der Waals surface area contributed by atoms with E-state index in [0.29, 0.717) is 44.5 Å². The maximum Gasteiger partial charge on any atom is 0.419 e. The summed E-state index contributed by atoms with van der Waals surface area (Å²) in [5.74, 6) is -1.19. The summed E-state index contributed by atoms with van der Waals surface area (Å²) in [4.78, 5) is 68.5. The van der Waals surface area contributed by atoms with Crippen LogP contribution in [-0.2, 0) is 39.5 Å². The van der Waals surface area contributed by atoms with Gasteiger partial charge in [0, 0.05) is 76.8 Å². The zero-order valence-corrected chi connectivity index (χ0v) is 48.2. The molecule has 24 heteroatoms. The van der Waals surface area contributed by atoms with Crippen molar-refractivity contribution in [1.82, 2.24) is 35.7 Å². The first-order chi connectivity index (χ1) is 39.2. The van der Waals surface area contributed by atoms with Crippen LogP contribution in [0.5, 0.6) is 5.75 Å². The van der Waals surface area contributed by atoms with Crippen LogP contribution in [0, 0.1) is 12.3 Å². The highest BCUT2D eigenvalue weighted by molar-refractivity contribution is 7.13. The molecule has 20 nitrogen and oxygen atoms in total. The van der Waals surface area contributed by atoms with Crippen LogP contribution >= 0.6 is 11.3 Å². The number of halogens is 3. The van der Waals surface area contributed by atoms with E-state index in [4.69, 9.17) is 23.7 Å². The number of likely N-dealkylation sites (tertiary alicyclic amines) is 1. The molecule has 82 heavy (non-hydrogen) atoms. The van der Waals surface area contributed by atoms with Crippen LogP contribution in [0.1, 0.15) is 67.3 Å². The molecule has 4 atom stereocenters. The molecule has 0 saturated carbocycles. The molecule has 0 radical (unpaired) electrons. The third-order valence-electron chi connectivity index (χ3n) is 14.0. The zero-order valence-electron chi connectivity index (χ0n) is 47.4. The number of rotatable bonds is 27. The lowest BCUT2D eigenvalue weighted by Gasteiger charge is -2.36. The third kappa shape index (κ3) is 17.3. The Balaban J connectivity index is 0.742. The van der Waals surface area contributed by atoms with E-state index in [1.165, 1.54) is 37.3 Å². The molecular formula is C58H75F3N10O10S. The molecule has 7 rings (SSSR count). The van der Waals surface area contributed by atoms with Gasteiger partial charge < -0.3 is 65.2 Å². The van der Waals surface area contributed by atoms with Crippen molar-refractivity contribution in [2.24, 2.45) is 5.41 Å². The maximum atomic E-state index is 14.1. The lowest BCUT2D eigenvalue weighted by Crippen LogP contribution is -2.58. The number of hydrogen-bond acceptors (Lipinski definition) is 17. The fourth-order valence-electron chi connectivity index (χ4n) is 9.51. The van der Waals surface area contributed by atoms with Crippen LogP contribution in [0.4, 0.5) is 41.7 Å². The molecule has 4 heterocycles. The number of piperazine rings is 1. The van der Waals surface area contributed by atoms with Crippen molar-refractivity contribution in [1.29, 1.82) is 0 Å². The molecule has 2 aliphatic rings. The Morgan fingerprint density at radius 2 is 1.48 bits per heavy atom. The summed E-state index contributed by atoms with van der Waals surface area (Å²) in [6.07, 6.45) is -4.79. The van der Waals surface area contributed by atoms with Crippen molar-refractivity contribution in [2.45, 2.75) is 71.4 Å². The number of carbonyl (C=O) groups is 4. The van der Waals surface area contributed by atoms with Gasteiger partial charge in [-0.05, 0) is 54.7 Å². The molecule has 2 aromatic heterocycles. The molecule has 0 unspecified atom stereocenters. The molecule has 444 valence electrons. The fraction of sp³-hybridized carbons (Fsp3) is 0.483. The van der Waals surface area contributed by atoms with E-state index in [-0.39, 0.29) is 67.5 Å². The van der Waals surface area contributed by atoms with Crippen molar-refractivity contribution in [3.05, 3.63) is 107 Å². The summed E-state index contributed by atoms with van der Waals surface area (Å²) in [5, 5.41) is 24.8. The minimum atomic E-state index is -4.71. The average molecular weight is 1160 g/mol. The fourth-order valence-corrected chi connectivity index (χ4v) is 10.3. The predicted molar refractivity (Wildman–Crippen MR) is 307 cm³/mol. The van der Waals surface area contributed by atoms with E-state index in [1.807, 2.05) is 71.0 Å². The van der Waals surface area contributed by atoms with Crippen molar-refractivity contribution in [2.75, 3.05) is 122 Å². The lowest BCUT2D eigenvalue weighted by molar-refractivity contribution is -0.144. The number of benzene rings is 3. The van der Waals surface area contributed by atoms with E-state index in [9.17, 15) is 37.5 Å². The van der Waals surface area contributed by atoms with Crippen LogP contribution in [-0.4, -0.2) is 173 Å². The number of anilines is 5. The van der Waals surface area contributed by atoms with Gasteiger partial charge in [0.05, 0.1) is 110 Å². The molecule has 4 amide bonds. The number of aliphatic hydroxyl groups excluding tert-OH is 1.